The second kappa shape index (κ2) is 9.90. The topological polar surface area (TPSA) is 70.7 Å². The summed E-state index contributed by atoms with van der Waals surface area (Å²) in [5.41, 5.74) is 3.50. The van der Waals surface area contributed by atoms with Crippen molar-refractivity contribution < 1.29 is 14.3 Å². The Kier molecular flexibility index (Phi) is 7.03. The van der Waals surface area contributed by atoms with Crippen LogP contribution in [0.3, 0.4) is 0 Å². The molecule has 2 aromatic carbocycles. The highest BCUT2D eigenvalue weighted by atomic mass is 16.5. The summed E-state index contributed by atoms with van der Waals surface area (Å²) in [5, 5.41) is 5.53. The SMILES string of the molecule is CCOC(=O)Nc1ccc(C(=O)NCc2ccc(CN3CCCC3)cc2)cc1. The molecule has 0 atom stereocenters. The van der Waals surface area contributed by atoms with Crippen LogP contribution in [0.1, 0.15) is 41.3 Å². The zero-order chi connectivity index (χ0) is 19.8. The fraction of sp³-hybridized carbons (Fsp3) is 0.364. The molecule has 1 heterocycles. The number of likely N-dealkylation sites (tertiary alicyclic amines) is 1. The van der Waals surface area contributed by atoms with E-state index in [4.69, 9.17) is 4.74 Å². The number of amides is 2. The van der Waals surface area contributed by atoms with Crippen LogP contribution in [0.5, 0.6) is 0 Å². The molecule has 1 aliphatic heterocycles. The third-order valence-corrected chi connectivity index (χ3v) is 4.75. The van der Waals surface area contributed by atoms with Crippen molar-refractivity contribution in [3.8, 4) is 0 Å². The number of nitrogens with zero attached hydrogens (tertiary/aromatic N) is 1. The van der Waals surface area contributed by atoms with Crippen molar-refractivity contribution in [3.05, 3.63) is 65.2 Å². The van der Waals surface area contributed by atoms with Crippen LogP contribution in [0.4, 0.5) is 10.5 Å². The normalized spacial score (nSPS) is 13.9. The molecule has 3 rings (SSSR count). The number of rotatable bonds is 7. The molecule has 28 heavy (non-hydrogen) atoms. The summed E-state index contributed by atoms with van der Waals surface area (Å²) < 4.78 is 4.82. The Morgan fingerprint density at radius 2 is 1.61 bits per heavy atom. The summed E-state index contributed by atoms with van der Waals surface area (Å²) >= 11 is 0. The molecule has 0 aliphatic carbocycles. The van der Waals surface area contributed by atoms with Gasteiger partial charge in [0.1, 0.15) is 0 Å². The predicted octanol–water partition coefficient (Wildman–Crippen LogP) is 3.78. The Labute approximate surface area is 165 Å². The number of ether oxygens (including phenoxy) is 1. The Hall–Kier alpha value is -2.86. The number of anilines is 1. The number of carbonyl (C=O) groups excluding carboxylic acids is 2. The maximum atomic E-state index is 12.3. The molecule has 0 saturated carbocycles. The van der Waals surface area contributed by atoms with Crippen LogP contribution < -0.4 is 10.6 Å². The summed E-state index contributed by atoms with van der Waals surface area (Å²) in [7, 11) is 0. The fourth-order valence-corrected chi connectivity index (χ4v) is 3.24. The lowest BCUT2D eigenvalue weighted by Gasteiger charge is -2.14. The van der Waals surface area contributed by atoms with Crippen molar-refractivity contribution in [2.45, 2.75) is 32.9 Å². The quantitative estimate of drug-likeness (QED) is 0.766. The van der Waals surface area contributed by atoms with Crippen molar-refractivity contribution in [3.63, 3.8) is 0 Å². The van der Waals surface area contributed by atoms with E-state index in [1.54, 1.807) is 31.2 Å². The standard InChI is InChI=1S/C22H27N3O3/c1-2-28-22(27)24-20-11-9-19(10-12-20)21(26)23-15-17-5-7-18(8-6-17)16-25-13-3-4-14-25/h5-12H,2-4,13-16H2,1H3,(H,23,26)(H,24,27). The van der Waals surface area contributed by atoms with Gasteiger partial charge in [0, 0.05) is 24.3 Å². The molecule has 0 unspecified atom stereocenters. The van der Waals surface area contributed by atoms with Gasteiger partial charge in [-0.05, 0) is 68.2 Å². The van der Waals surface area contributed by atoms with E-state index in [9.17, 15) is 9.59 Å². The molecular weight excluding hydrogens is 354 g/mol. The average molecular weight is 381 g/mol. The van der Waals surface area contributed by atoms with Crippen molar-refractivity contribution in [2.24, 2.45) is 0 Å². The Morgan fingerprint density at radius 3 is 2.25 bits per heavy atom. The third kappa shape index (κ3) is 5.82. The Balaban J connectivity index is 1.47. The molecule has 6 nitrogen and oxygen atoms in total. The second-order valence-electron chi connectivity index (χ2n) is 6.91. The van der Waals surface area contributed by atoms with Crippen LogP contribution in [0, 0.1) is 0 Å². The summed E-state index contributed by atoms with van der Waals surface area (Å²) in [6.07, 6.45) is 2.08. The van der Waals surface area contributed by atoms with Gasteiger partial charge in [0.2, 0.25) is 0 Å². The number of benzene rings is 2. The summed E-state index contributed by atoms with van der Waals surface area (Å²) in [4.78, 5) is 26.2. The lowest BCUT2D eigenvalue weighted by Crippen LogP contribution is -2.23. The minimum atomic E-state index is -0.507. The monoisotopic (exact) mass is 381 g/mol. The minimum absolute atomic E-state index is 0.149. The lowest BCUT2D eigenvalue weighted by atomic mass is 10.1. The van der Waals surface area contributed by atoms with Gasteiger partial charge in [-0.1, -0.05) is 24.3 Å². The zero-order valence-electron chi connectivity index (χ0n) is 16.2. The van der Waals surface area contributed by atoms with Crippen molar-refractivity contribution in [1.29, 1.82) is 0 Å². The smallest absolute Gasteiger partial charge is 0.411 e. The third-order valence-electron chi connectivity index (χ3n) is 4.75. The first-order valence-corrected chi connectivity index (χ1v) is 9.76. The highest BCUT2D eigenvalue weighted by Crippen LogP contribution is 2.14. The van der Waals surface area contributed by atoms with Gasteiger partial charge in [-0.3, -0.25) is 15.0 Å². The van der Waals surface area contributed by atoms with E-state index in [2.05, 4.69) is 39.8 Å². The van der Waals surface area contributed by atoms with Gasteiger partial charge in [-0.2, -0.15) is 0 Å². The fourth-order valence-electron chi connectivity index (χ4n) is 3.24. The van der Waals surface area contributed by atoms with E-state index in [1.807, 2.05) is 0 Å². The van der Waals surface area contributed by atoms with Crippen molar-refractivity contribution in [1.82, 2.24) is 10.2 Å². The highest BCUT2D eigenvalue weighted by molar-refractivity contribution is 5.95. The van der Waals surface area contributed by atoms with Crippen molar-refractivity contribution >= 4 is 17.7 Å². The largest absolute Gasteiger partial charge is 0.450 e. The van der Waals surface area contributed by atoms with Crippen LogP contribution in [-0.4, -0.2) is 36.6 Å². The number of hydrogen-bond donors (Lipinski definition) is 2. The first kappa shape index (κ1) is 19.9. The predicted molar refractivity (Wildman–Crippen MR) is 109 cm³/mol. The van der Waals surface area contributed by atoms with Crippen LogP contribution in [-0.2, 0) is 17.8 Å². The van der Waals surface area contributed by atoms with E-state index in [0.29, 0.717) is 24.4 Å². The number of hydrogen-bond acceptors (Lipinski definition) is 4. The minimum Gasteiger partial charge on any atom is -0.450 e. The molecular formula is C22H27N3O3. The molecule has 6 heteroatoms. The molecule has 1 saturated heterocycles. The zero-order valence-corrected chi connectivity index (χ0v) is 16.2. The van der Waals surface area contributed by atoms with Crippen LogP contribution in [0.2, 0.25) is 0 Å². The molecule has 148 valence electrons. The van der Waals surface area contributed by atoms with Crippen LogP contribution >= 0.6 is 0 Å². The molecule has 0 spiro atoms. The first-order valence-electron chi connectivity index (χ1n) is 9.76. The Morgan fingerprint density at radius 1 is 0.964 bits per heavy atom. The summed E-state index contributed by atoms with van der Waals surface area (Å²) in [6, 6.07) is 15.1. The van der Waals surface area contributed by atoms with Gasteiger partial charge in [0.15, 0.2) is 0 Å². The molecule has 0 radical (unpaired) electrons. The molecule has 1 fully saturated rings. The van der Waals surface area contributed by atoms with E-state index >= 15 is 0 Å². The van der Waals surface area contributed by atoms with E-state index < -0.39 is 6.09 Å². The van der Waals surface area contributed by atoms with Crippen LogP contribution in [0.25, 0.3) is 0 Å². The maximum absolute atomic E-state index is 12.3. The molecule has 0 aromatic heterocycles. The van der Waals surface area contributed by atoms with Gasteiger partial charge in [0.25, 0.3) is 5.91 Å². The molecule has 2 aromatic rings. The van der Waals surface area contributed by atoms with Crippen LogP contribution in [0.15, 0.2) is 48.5 Å². The van der Waals surface area contributed by atoms with E-state index in [0.717, 1.165) is 12.1 Å². The summed E-state index contributed by atoms with van der Waals surface area (Å²) in [6.45, 7) is 5.90. The van der Waals surface area contributed by atoms with Gasteiger partial charge in [-0.25, -0.2) is 4.79 Å². The van der Waals surface area contributed by atoms with Gasteiger partial charge in [-0.15, -0.1) is 0 Å². The van der Waals surface area contributed by atoms with Gasteiger partial charge >= 0.3 is 6.09 Å². The maximum Gasteiger partial charge on any atom is 0.411 e. The molecule has 0 bridgehead atoms. The summed E-state index contributed by atoms with van der Waals surface area (Å²) in [5.74, 6) is -0.149. The Bertz CT molecular complexity index is 782. The van der Waals surface area contributed by atoms with E-state index in [-0.39, 0.29) is 5.91 Å². The molecule has 2 N–H and O–H groups in total. The number of carbonyl (C=O) groups is 2. The highest BCUT2D eigenvalue weighted by Gasteiger charge is 2.11. The van der Waals surface area contributed by atoms with Gasteiger partial charge < -0.3 is 10.1 Å². The molecule has 2 amide bonds. The second-order valence-corrected chi connectivity index (χ2v) is 6.91. The first-order chi connectivity index (χ1) is 13.6. The lowest BCUT2D eigenvalue weighted by molar-refractivity contribution is 0.0951. The van der Waals surface area contributed by atoms with Crippen molar-refractivity contribution in [2.75, 3.05) is 25.0 Å². The van der Waals surface area contributed by atoms with Gasteiger partial charge in [0.05, 0.1) is 6.61 Å². The van der Waals surface area contributed by atoms with E-state index in [1.165, 1.54) is 31.5 Å². The number of nitrogens with one attached hydrogen (secondary N) is 2. The molecule has 1 aliphatic rings. The average Bonchev–Trinajstić information content (AvgIpc) is 3.21.